The van der Waals surface area contributed by atoms with Crippen LogP contribution in [0.15, 0.2) is 18.7 Å². The summed E-state index contributed by atoms with van der Waals surface area (Å²) < 4.78 is 5.47. The fourth-order valence-electron chi connectivity index (χ4n) is 4.21. The lowest BCUT2D eigenvalue weighted by Gasteiger charge is -2.34. The molecule has 3 aromatic heterocycles. The molecule has 3 aromatic rings. The van der Waals surface area contributed by atoms with Gasteiger partial charge in [0, 0.05) is 49.9 Å². The van der Waals surface area contributed by atoms with E-state index in [0.29, 0.717) is 5.92 Å². The zero-order valence-corrected chi connectivity index (χ0v) is 15.3. The van der Waals surface area contributed by atoms with E-state index in [1.54, 1.807) is 6.33 Å². The molecular formula is C18H24N8O. The van der Waals surface area contributed by atoms with Gasteiger partial charge in [0.1, 0.15) is 12.1 Å². The average molecular weight is 368 g/mol. The normalized spacial score (nSPS) is 21.8. The molecule has 9 heteroatoms. The Hall–Kier alpha value is -2.52. The number of H-pyrrole nitrogens is 2. The first kappa shape index (κ1) is 16.6. The standard InChI is InChI=1S/C18H24N8O/c1-2-13(16-14(8-21-23-16)10-25-4-6-27-7-5-25)11-26(3-1)18-15-9-22-24-17(15)19-12-20-18/h8-9,12-13H,1-7,10-11H2,(H,21,23)(H,19,20,22,24). The predicted molar refractivity (Wildman–Crippen MR) is 101 cm³/mol. The van der Waals surface area contributed by atoms with Crippen LogP contribution in [0.5, 0.6) is 0 Å². The number of anilines is 1. The molecule has 2 aliphatic heterocycles. The van der Waals surface area contributed by atoms with E-state index in [9.17, 15) is 0 Å². The maximum atomic E-state index is 5.47. The molecule has 0 amide bonds. The SMILES string of the molecule is c1nc(N2CCCC(c3[nH]ncc3CN3CCOCC3)C2)c2cn[nH]c2n1. The molecule has 27 heavy (non-hydrogen) atoms. The minimum atomic E-state index is 0.425. The van der Waals surface area contributed by atoms with Crippen LogP contribution >= 0.6 is 0 Å². The third-order valence-electron chi connectivity index (χ3n) is 5.61. The molecule has 0 bridgehead atoms. The Balaban J connectivity index is 1.36. The molecule has 9 nitrogen and oxygen atoms in total. The summed E-state index contributed by atoms with van der Waals surface area (Å²) in [7, 11) is 0. The van der Waals surface area contributed by atoms with Crippen LogP contribution in [0.1, 0.15) is 30.0 Å². The van der Waals surface area contributed by atoms with Gasteiger partial charge in [-0.3, -0.25) is 15.1 Å². The van der Waals surface area contributed by atoms with E-state index < -0.39 is 0 Å². The van der Waals surface area contributed by atoms with Gasteiger partial charge in [0.15, 0.2) is 5.65 Å². The summed E-state index contributed by atoms with van der Waals surface area (Å²) in [5.41, 5.74) is 3.36. The van der Waals surface area contributed by atoms with Crippen molar-refractivity contribution < 1.29 is 4.74 Å². The molecule has 2 N–H and O–H groups in total. The van der Waals surface area contributed by atoms with Gasteiger partial charge >= 0.3 is 0 Å². The second kappa shape index (κ2) is 7.24. The molecule has 5 rings (SSSR count). The lowest BCUT2D eigenvalue weighted by molar-refractivity contribution is 0.0340. The van der Waals surface area contributed by atoms with Crippen LogP contribution in [-0.4, -0.2) is 74.7 Å². The smallest absolute Gasteiger partial charge is 0.160 e. The summed E-state index contributed by atoms with van der Waals surface area (Å²) in [6.07, 6.45) is 7.70. The average Bonchev–Trinajstić information content (AvgIpc) is 3.38. The third kappa shape index (κ3) is 3.28. The van der Waals surface area contributed by atoms with Gasteiger partial charge in [0.05, 0.1) is 31.0 Å². The topological polar surface area (TPSA) is 98.9 Å². The molecule has 5 heterocycles. The summed E-state index contributed by atoms with van der Waals surface area (Å²) >= 11 is 0. The lowest BCUT2D eigenvalue weighted by atomic mass is 9.92. The Morgan fingerprint density at radius 3 is 2.89 bits per heavy atom. The summed E-state index contributed by atoms with van der Waals surface area (Å²) in [4.78, 5) is 13.6. The predicted octanol–water partition coefficient (Wildman–Crippen LogP) is 1.29. The van der Waals surface area contributed by atoms with Gasteiger partial charge in [0.25, 0.3) is 0 Å². The maximum absolute atomic E-state index is 5.47. The van der Waals surface area contributed by atoms with Crippen molar-refractivity contribution >= 4 is 16.9 Å². The highest BCUT2D eigenvalue weighted by molar-refractivity contribution is 5.86. The van der Waals surface area contributed by atoms with Gasteiger partial charge < -0.3 is 9.64 Å². The van der Waals surface area contributed by atoms with Crippen molar-refractivity contribution in [2.75, 3.05) is 44.3 Å². The monoisotopic (exact) mass is 368 g/mol. The Morgan fingerprint density at radius 2 is 1.96 bits per heavy atom. The van der Waals surface area contributed by atoms with E-state index >= 15 is 0 Å². The minimum absolute atomic E-state index is 0.425. The Bertz CT molecular complexity index is 900. The number of rotatable bonds is 4. The van der Waals surface area contributed by atoms with E-state index in [4.69, 9.17) is 4.74 Å². The van der Waals surface area contributed by atoms with Crippen LogP contribution in [0.2, 0.25) is 0 Å². The lowest BCUT2D eigenvalue weighted by Crippen LogP contribution is -2.37. The fourth-order valence-corrected chi connectivity index (χ4v) is 4.21. The first-order valence-corrected chi connectivity index (χ1v) is 9.60. The molecule has 0 radical (unpaired) electrons. The van der Waals surface area contributed by atoms with E-state index in [1.165, 1.54) is 11.3 Å². The van der Waals surface area contributed by atoms with Crippen molar-refractivity contribution in [2.45, 2.75) is 25.3 Å². The number of aromatic amines is 2. The highest BCUT2D eigenvalue weighted by Gasteiger charge is 2.27. The number of nitrogens with zero attached hydrogens (tertiary/aromatic N) is 6. The molecule has 142 valence electrons. The quantitative estimate of drug-likeness (QED) is 0.716. The molecule has 2 saturated heterocycles. The molecule has 1 atom stereocenters. The van der Waals surface area contributed by atoms with Crippen LogP contribution in [0.4, 0.5) is 5.82 Å². The maximum Gasteiger partial charge on any atom is 0.160 e. The van der Waals surface area contributed by atoms with E-state index in [0.717, 1.165) is 75.6 Å². The van der Waals surface area contributed by atoms with Crippen LogP contribution in [0, 0.1) is 0 Å². The molecule has 0 spiro atoms. The van der Waals surface area contributed by atoms with Crippen molar-refractivity contribution in [3.63, 3.8) is 0 Å². The summed E-state index contributed by atoms with van der Waals surface area (Å²) in [6.45, 7) is 6.47. The van der Waals surface area contributed by atoms with Crippen molar-refractivity contribution in [1.29, 1.82) is 0 Å². The zero-order chi connectivity index (χ0) is 18.1. The molecule has 2 aliphatic rings. The molecular weight excluding hydrogens is 344 g/mol. The molecule has 0 saturated carbocycles. The third-order valence-corrected chi connectivity index (χ3v) is 5.61. The highest BCUT2D eigenvalue weighted by Crippen LogP contribution is 2.32. The number of fused-ring (bicyclic) bond motifs is 1. The van der Waals surface area contributed by atoms with E-state index in [-0.39, 0.29) is 0 Å². The molecule has 0 aliphatic carbocycles. The number of ether oxygens (including phenoxy) is 1. The summed E-state index contributed by atoms with van der Waals surface area (Å²) in [5, 5.41) is 15.7. The van der Waals surface area contributed by atoms with Gasteiger partial charge in [-0.2, -0.15) is 10.2 Å². The minimum Gasteiger partial charge on any atom is -0.379 e. The van der Waals surface area contributed by atoms with Crippen molar-refractivity contribution in [3.8, 4) is 0 Å². The second-order valence-electron chi connectivity index (χ2n) is 7.31. The fraction of sp³-hybridized carbons (Fsp3) is 0.556. The first-order chi connectivity index (χ1) is 13.4. The van der Waals surface area contributed by atoms with Crippen molar-refractivity contribution in [2.24, 2.45) is 0 Å². The van der Waals surface area contributed by atoms with Crippen molar-refractivity contribution in [3.05, 3.63) is 30.0 Å². The molecule has 0 aromatic carbocycles. The summed E-state index contributed by atoms with van der Waals surface area (Å²) in [6, 6.07) is 0. The van der Waals surface area contributed by atoms with Gasteiger partial charge in [-0.1, -0.05) is 0 Å². The number of morpholine rings is 1. The van der Waals surface area contributed by atoms with Gasteiger partial charge in [0.2, 0.25) is 0 Å². The van der Waals surface area contributed by atoms with Crippen LogP contribution in [0.25, 0.3) is 11.0 Å². The Labute approximate surface area is 157 Å². The highest BCUT2D eigenvalue weighted by atomic mass is 16.5. The van der Waals surface area contributed by atoms with Gasteiger partial charge in [-0.05, 0) is 12.8 Å². The van der Waals surface area contributed by atoms with Crippen molar-refractivity contribution in [1.82, 2.24) is 35.3 Å². The number of hydrogen-bond donors (Lipinski definition) is 2. The molecule has 2 fully saturated rings. The van der Waals surface area contributed by atoms with Gasteiger partial charge in [-0.25, -0.2) is 9.97 Å². The number of piperidine rings is 1. The largest absolute Gasteiger partial charge is 0.379 e. The Morgan fingerprint density at radius 1 is 1.07 bits per heavy atom. The zero-order valence-electron chi connectivity index (χ0n) is 15.3. The van der Waals surface area contributed by atoms with Crippen LogP contribution in [-0.2, 0) is 11.3 Å². The van der Waals surface area contributed by atoms with Crippen LogP contribution < -0.4 is 4.90 Å². The van der Waals surface area contributed by atoms with Gasteiger partial charge in [-0.15, -0.1) is 0 Å². The Kier molecular flexibility index (Phi) is 4.46. The summed E-state index contributed by atoms with van der Waals surface area (Å²) in [5.74, 6) is 1.39. The van der Waals surface area contributed by atoms with Crippen LogP contribution in [0.3, 0.4) is 0 Å². The number of nitrogens with one attached hydrogen (secondary N) is 2. The number of hydrogen-bond acceptors (Lipinski definition) is 7. The molecule has 1 unspecified atom stereocenters. The first-order valence-electron chi connectivity index (χ1n) is 9.60. The van der Waals surface area contributed by atoms with E-state index in [1.807, 2.05) is 12.4 Å². The second-order valence-corrected chi connectivity index (χ2v) is 7.31. The van der Waals surface area contributed by atoms with E-state index in [2.05, 4.69) is 40.2 Å². The number of aromatic nitrogens is 6.